The standard InChI is InChI=1S/C13H21NO4/c1-5-17-9-8-14(3)10(2)11-6-7-12(18-11)13(15)16-4/h6-7,10H,5,8-9H2,1-4H3. The zero-order valence-corrected chi connectivity index (χ0v) is 11.4. The van der Waals surface area contributed by atoms with Crippen LogP contribution in [0.2, 0.25) is 0 Å². The third-order valence-corrected chi connectivity index (χ3v) is 2.88. The normalized spacial score (nSPS) is 12.7. The number of esters is 1. The van der Waals surface area contributed by atoms with Gasteiger partial charge in [-0.2, -0.15) is 0 Å². The van der Waals surface area contributed by atoms with E-state index in [1.807, 2.05) is 20.9 Å². The fraction of sp³-hybridized carbons (Fsp3) is 0.615. The molecule has 1 unspecified atom stereocenters. The average molecular weight is 255 g/mol. The van der Waals surface area contributed by atoms with Gasteiger partial charge in [0.05, 0.1) is 19.8 Å². The van der Waals surface area contributed by atoms with Crippen molar-refractivity contribution in [3.63, 3.8) is 0 Å². The monoisotopic (exact) mass is 255 g/mol. The lowest BCUT2D eigenvalue weighted by Crippen LogP contribution is -2.26. The summed E-state index contributed by atoms with van der Waals surface area (Å²) in [5.41, 5.74) is 0. The fourth-order valence-corrected chi connectivity index (χ4v) is 1.55. The van der Waals surface area contributed by atoms with Crippen molar-refractivity contribution in [1.82, 2.24) is 4.90 Å². The van der Waals surface area contributed by atoms with Crippen LogP contribution in [-0.2, 0) is 9.47 Å². The molecule has 18 heavy (non-hydrogen) atoms. The van der Waals surface area contributed by atoms with Crippen molar-refractivity contribution in [2.75, 3.05) is 33.9 Å². The van der Waals surface area contributed by atoms with E-state index in [-0.39, 0.29) is 11.8 Å². The molecular formula is C13H21NO4. The van der Waals surface area contributed by atoms with Crippen LogP contribution in [0.5, 0.6) is 0 Å². The van der Waals surface area contributed by atoms with E-state index in [2.05, 4.69) is 9.64 Å². The largest absolute Gasteiger partial charge is 0.463 e. The highest BCUT2D eigenvalue weighted by Crippen LogP contribution is 2.21. The molecule has 0 spiro atoms. The molecular weight excluding hydrogens is 234 g/mol. The van der Waals surface area contributed by atoms with Crippen LogP contribution in [0.15, 0.2) is 16.5 Å². The second kappa shape index (κ2) is 7.18. The van der Waals surface area contributed by atoms with Crippen LogP contribution in [0.4, 0.5) is 0 Å². The van der Waals surface area contributed by atoms with Gasteiger partial charge in [0.25, 0.3) is 0 Å². The molecule has 1 aromatic heterocycles. The molecule has 1 heterocycles. The summed E-state index contributed by atoms with van der Waals surface area (Å²) in [6, 6.07) is 3.52. The molecule has 0 aliphatic carbocycles. The van der Waals surface area contributed by atoms with Crippen molar-refractivity contribution in [3.05, 3.63) is 23.7 Å². The molecule has 0 aliphatic heterocycles. The van der Waals surface area contributed by atoms with E-state index < -0.39 is 5.97 Å². The first-order valence-corrected chi connectivity index (χ1v) is 6.06. The number of nitrogens with zero attached hydrogens (tertiary/aromatic N) is 1. The highest BCUT2D eigenvalue weighted by atomic mass is 16.5. The SMILES string of the molecule is CCOCCN(C)C(C)c1ccc(C(=O)OC)o1. The second-order valence-electron chi connectivity index (χ2n) is 4.05. The van der Waals surface area contributed by atoms with E-state index >= 15 is 0 Å². The Morgan fingerprint density at radius 1 is 1.50 bits per heavy atom. The Balaban J connectivity index is 2.57. The van der Waals surface area contributed by atoms with Crippen molar-refractivity contribution < 1.29 is 18.7 Å². The average Bonchev–Trinajstić information content (AvgIpc) is 2.86. The lowest BCUT2D eigenvalue weighted by Gasteiger charge is -2.22. The summed E-state index contributed by atoms with van der Waals surface area (Å²) >= 11 is 0. The molecule has 0 saturated carbocycles. The number of furan rings is 1. The van der Waals surface area contributed by atoms with Gasteiger partial charge in [-0.25, -0.2) is 4.79 Å². The molecule has 102 valence electrons. The maximum atomic E-state index is 11.3. The lowest BCUT2D eigenvalue weighted by atomic mass is 10.2. The summed E-state index contributed by atoms with van der Waals surface area (Å²) in [7, 11) is 3.33. The molecule has 0 bridgehead atoms. The minimum Gasteiger partial charge on any atom is -0.463 e. The Morgan fingerprint density at radius 2 is 2.22 bits per heavy atom. The van der Waals surface area contributed by atoms with Crippen LogP contribution >= 0.6 is 0 Å². The number of methoxy groups -OCH3 is 1. The van der Waals surface area contributed by atoms with E-state index in [9.17, 15) is 4.79 Å². The molecule has 0 saturated heterocycles. The van der Waals surface area contributed by atoms with Crippen LogP contribution < -0.4 is 0 Å². The summed E-state index contributed by atoms with van der Waals surface area (Å²) in [5, 5.41) is 0. The molecule has 0 fully saturated rings. The Morgan fingerprint density at radius 3 is 2.83 bits per heavy atom. The van der Waals surface area contributed by atoms with Gasteiger partial charge >= 0.3 is 5.97 Å². The molecule has 1 atom stereocenters. The van der Waals surface area contributed by atoms with E-state index in [1.54, 1.807) is 12.1 Å². The number of carbonyl (C=O) groups excluding carboxylic acids is 1. The van der Waals surface area contributed by atoms with E-state index in [0.29, 0.717) is 6.61 Å². The molecule has 5 nitrogen and oxygen atoms in total. The summed E-state index contributed by atoms with van der Waals surface area (Å²) in [6.45, 7) is 6.20. The van der Waals surface area contributed by atoms with Crippen LogP contribution in [0, 0.1) is 0 Å². The lowest BCUT2D eigenvalue weighted by molar-refractivity contribution is 0.0557. The van der Waals surface area contributed by atoms with Gasteiger partial charge in [0, 0.05) is 13.2 Å². The van der Waals surface area contributed by atoms with Crippen molar-refractivity contribution in [2.24, 2.45) is 0 Å². The fourth-order valence-electron chi connectivity index (χ4n) is 1.55. The predicted molar refractivity (Wildman–Crippen MR) is 67.6 cm³/mol. The minimum atomic E-state index is -0.453. The Kier molecular flexibility index (Phi) is 5.88. The zero-order valence-electron chi connectivity index (χ0n) is 11.4. The number of hydrogen-bond acceptors (Lipinski definition) is 5. The van der Waals surface area contributed by atoms with Gasteiger partial charge in [-0.15, -0.1) is 0 Å². The van der Waals surface area contributed by atoms with E-state index in [1.165, 1.54) is 7.11 Å². The van der Waals surface area contributed by atoms with E-state index in [4.69, 9.17) is 9.15 Å². The van der Waals surface area contributed by atoms with E-state index in [0.717, 1.165) is 18.9 Å². The van der Waals surface area contributed by atoms with Gasteiger partial charge in [0.15, 0.2) is 0 Å². The third kappa shape index (κ3) is 3.85. The van der Waals surface area contributed by atoms with Crippen molar-refractivity contribution >= 4 is 5.97 Å². The van der Waals surface area contributed by atoms with Crippen molar-refractivity contribution in [2.45, 2.75) is 19.9 Å². The van der Waals surface area contributed by atoms with Crippen LogP contribution in [0.3, 0.4) is 0 Å². The number of likely N-dealkylation sites (N-methyl/N-ethyl adjacent to an activating group) is 1. The molecule has 0 amide bonds. The first kappa shape index (κ1) is 14.7. The Hall–Kier alpha value is -1.33. The highest BCUT2D eigenvalue weighted by Gasteiger charge is 2.18. The molecule has 0 aromatic carbocycles. The minimum absolute atomic E-state index is 0.0869. The molecule has 0 N–H and O–H groups in total. The van der Waals surface area contributed by atoms with Crippen molar-refractivity contribution in [1.29, 1.82) is 0 Å². The Labute approximate surface area is 108 Å². The van der Waals surface area contributed by atoms with Gasteiger partial charge in [-0.3, -0.25) is 4.90 Å². The molecule has 1 aromatic rings. The first-order chi connectivity index (χ1) is 8.60. The van der Waals surface area contributed by atoms with Crippen LogP contribution in [0.25, 0.3) is 0 Å². The van der Waals surface area contributed by atoms with Crippen LogP contribution in [0.1, 0.15) is 36.2 Å². The highest BCUT2D eigenvalue weighted by molar-refractivity contribution is 5.86. The maximum absolute atomic E-state index is 11.3. The van der Waals surface area contributed by atoms with Gasteiger partial charge in [0.1, 0.15) is 5.76 Å². The summed E-state index contributed by atoms with van der Waals surface area (Å²) in [5.74, 6) is 0.525. The molecule has 0 aliphatic rings. The van der Waals surface area contributed by atoms with Crippen molar-refractivity contribution in [3.8, 4) is 0 Å². The second-order valence-corrected chi connectivity index (χ2v) is 4.05. The number of hydrogen-bond donors (Lipinski definition) is 0. The number of carbonyl (C=O) groups is 1. The van der Waals surface area contributed by atoms with Gasteiger partial charge in [-0.05, 0) is 33.0 Å². The first-order valence-electron chi connectivity index (χ1n) is 6.06. The number of rotatable bonds is 7. The predicted octanol–water partition coefficient (Wildman–Crippen LogP) is 2.10. The Bertz CT molecular complexity index is 375. The topological polar surface area (TPSA) is 51.9 Å². The summed E-state index contributed by atoms with van der Waals surface area (Å²) < 4.78 is 15.4. The molecule has 5 heteroatoms. The third-order valence-electron chi connectivity index (χ3n) is 2.88. The molecule has 0 radical (unpaired) electrons. The molecule has 1 rings (SSSR count). The zero-order chi connectivity index (χ0) is 13.5. The summed E-state index contributed by atoms with van der Waals surface area (Å²) in [4.78, 5) is 13.4. The summed E-state index contributed by atoms with van der Waals surface area (Å²) in [6.07, 6.45) is 0. The van der Waals surface area contributed by atoms with Gasteiger partial charge in [0.2, 0.25) is 5.76 Å². The van der Waals surface area contributed by atoms with Crippen LogP contribution in [-0.4, -0.2) is 44.8 Å². The maximum Gasteiger partial charge on any atom is 0.373 e. The van der Waals surface area contributed by atoms with Gasteiger partial charge in [-0.1, -0.05) is 0 Å². The quantitative estimate of drug-likeness (QED) is 0.551. The smallest absolute Gasteiger partial charge is 0.373 e. The van der Waals surface area contributed by atoms with Gasteiger partial charge < -0.3 is 13.9 Å². The number of ether oxygens (including phenoxy) is 2.